The predicted octanol–water partition coefficient (Wildman–Crippen LogP) is 2.77. The fourth-order valence-corrected chi connectivity index (χ4v) is 1.46. The van der Waals surface area contributed by atoms with Crippen molar-refractivity contribution in [2.24, 2.45) is 0 Å². The molecule has 0 saturated heterocycles. The van der Waals surface area contributed by atoms with E-state index >= 15 is 0 Å². The molecule has 0 atom stereocenters. The number of urea groups is 1. The molecule has 1 aromatic rings. The van der Waals surface area contributed by atoms with Crippen molar-refractivity contribution >= 4 is 6.03 Å². The average molecular weight is 238 g/mol. The Morgan fingerprint density at radius 2 is 2.12 bits per heavy atom. The Labute approximate surface area is 102 Å². The number of carbonyl (C=O) groups is 1. The molecule has 0 unspecified atom stereocenters. The fraction of sp³-hybridized carbons (Fsp3) is 0.462. The number of halogens is 1. The van der Waals surface area contributed by atoms with Gasteiger partial charge < -0.3 is 10.2 Å². The SMILES string of the molecule is CCCCNC(=O)N(C)Cc1ccccc1F. The summed E-state index contributed by atoms with van der Waals surface area (Å²) in [5.41, 5.74) is 0.528. The van der Waals surface area contributed by atoms with E-state index in [-0.39, 0.29) is 18.4 Å². The molecule has 0 aromatic heterocycles. The molecular formula is C13H19FN2O. The topological polar surface area (TPSA) is 32.3 Å². The van der Waals surface area contributed by atoms with Crippen LogP contribution in [-0.4, -0.2) is 24.5 Å². The number of carbonyl (C=O) groups excluding carboxylic acids is 1. The molecule has 3 nitrogen and oxygen atoms in total. The van der Waals surface area contributed by atoms with Gasteiger partial charge in [0.25, 0.3) is 0 Å². The molecule has 0 aliphatic rings. The highest BCUT2D eigenvalue weighted by Crippen LogP contribution is 2.08. The fourth-order valence-electron chi connectivity index (χ4n) is 1.46. The van der Waals surface area contributed by atoms with Crippen molar-refractivity contribution in [3.05, 3.63) is 35.6 Å². The lowest BCUT2D eigenvalue weighted by Gasteiger charge is -2.18. The van der Waals surface area contributed by atoms with Gasteiger partial charge in [0.15, 0.2) is 0 Å². The van der Waals surface area contributed by atoms with Crippen LogP contribution in [0.15, 0.2) is 24.3 Å². The van der Waals surface area contributed by atoms with Gasteiger partial charge in [-0.1, -0.05) is 31.5 Å². The highest BCUT2D eigenvalue weighted by molar-refractivity contribution is 5.73. The zero-order valence-electron chi connectivity index (χ0n) is 10.4. The molecule has 0 heterocycles. The minimum atomic E-state index is -0.277. The highest BCUT2D eigenvalue weighted by Gasteiger charge is 2.10. The first-order valence-corrected chi connectivity index (χ1v) is 5.87. The molecule has 1 rings (SSSR count). The van der Waals surface area contributed by atoms with Gasteiger partial charge in [0, 0.05) is 25.7 Å². The Bertz CT molecular complexity index is 368. The lowest BCUT2D eigenvalue weighted by atomic mass is 10.2. The van der Waals surface area contributed by atoms with Gasteiger partial charge in [-0.05, 0) is 12.5 Å². The lowest BCUT2D eigenvalue weighted by molar-refractivity contribution is 0.206. The summed E-state index contributed by atoms with van der Waals surface area (Å²) in [6.07, 6.45) is 2.00. The van der Waals surface area contributed by atoms with Crippen LogP contribution in [0.4, 0.5) is 9.18 Å². The molecule has 0 aliphatic carbocycles. The third-order valence-electron chi connectivity index (χ3n) is 2.52. The third kappa shape index (κ3) is 4.43. The molecule has 0 spiro atoms. The largest absolute Gasteiger partial charge is 0.338 e. The zero-order valence-corrected chi connectivity index (χ0v) is 10.4. The molecule has 0 bridgehead atoms. The standard InChI is InChI=1S/C13H19FN2O/c1-3-4-9-15-13(17)16(2)10-11-7-5-6-8-12(11)14/h5-8H,3-4,9-10H2,1-2H3,(H,15,17). The number of hydrogen-bond acceptors (Lipinski definition) is 1. The summed E-state index contributed by atoms with van der Waals surface area (Å²) >= 11 is 0. The Morgan fingerprint density at radius 1 is 1.41 bits per heavy atom. The van der Waals surface area contributed by atoms with Gasteiger partial charge in [-0.3, -0.25) is 0 Å². The highest BCUT2D eigenvalue weighted by atomic mass is 19.1. The third-order valence-corrected chi connectivity index (χ3v) is 2.52. The summed E-state index contributed by atoms with van der Waals surface area (Å²) in [7, 11) is 1.66. The first-order chi connectivity index (χ1) is 8.15. The van der Waals surface area contributed by atoms with E-state index in [0.29, 0.717) is 12.1 Å². The van der Waals surface area contributed by atoms with E-state index in [1.54, 1.807) is 25.2 Å². The monoisotopic (exact) mass is 238 g/mol. The molecule has 4 heteroatoms. The van der Waals surface area contributed by atoms with Crippen molar-refractivity contribution in [2.45, 2.75) is 26.3 Å². The van der Waals surface area contributed by atoms with Gasteiger partial charge in [-0.15, -0.1) is 0 Å². The van der Waals surface area contributed by atoms with E-state index in [9.17, 15) is 9.18 Å². The van der Waals surface area contributed by atoms with E-state index in [1.165, 1.54) is 11.0 Å². The molecule has 0 saturated carbocycles. The maximum absolute atomic E-state index is 13.4. The Morgan fingerprint density at radius 3 is 2.76 bits per heavy atom. The van der Waals surface area contributed by atoms with Crippen molar-refractivity contribution in [1.29, 1.82) is 0 Å². The van der Waals surface area contributed by atoms with Crippen LogP contribution in [0.3, 0.4) is 0 Å². The Hall–Kier alpha value is -1.58. The van der Waals surface area contributed by atoms with Crippen molar-refractivity contribution in [1.82, 2.24) is 10.2 Å². The van der Waals surface area contributed by atoms with Crippen molar-refractivity contribution in [2.75, 3.05) is 13.6 Å². The first kappa shape index (κ1) is 13.5. The van der Waals surface area contributed by atoms with E-state index in [0.717, 1.165) is 12.8 Å². The van der Waals surface area contributed by atoms with Gasteiger partial charge in [-0.25, -0.2) is 9.18 Å². The second-order valence-electron chi connectivity index (χ2n) is 4.03. The van der Waals surface area contributed by atoms with E-state index in [4.69, 9.17) is 0 Å². The number of nitrogens with one attached hydrogen (secondary N) is 1. The molecular weight excluding hydrogens is 219 g/mol. The van der Waals surface area contributed by atoms with Crippen molar-refractivity contribution in [3.8, 4) is 0 Å². The van der Waals surface area contributed by atoms with Gasteiger partial charge in [0.1, 0.15) is 5.82 Å². The Balaban J connectivity index is 2.46. The van der Waals surface area contributed by atoms with Crippen LogP contribution < -0.4 is 5.32 Å². The number of hydrogen-bond donors (Lipinski definition) is 1. The van der Waals surface area contributed by atoms with Crippen LogP contribution in [0.1, 0.15) is 25.3 Å². The van der Waals surface area contributed by atoms with Crippen LogP contribution in [0.2, 0.25) is 0 Å². The number of rotatable bonds is 5. The quantitative estimate of drug-likeness (QED) is 0.786. The minimum Gasteiger partial charge on any atom is -0.338 e. The maximum atomic E-state index is 13.4. The zero-order chi connectivity index (χ0) is 12.7. The van der Waals surface area contributed by atoms with Crippen LogP contribution in [0, 0.1) is 5.82 Å². The van der Waals surface area contributed by atoms with Crippen LogP contribution in [-0.2, 0) is 6.54 Å². The number of benzene rings is 1. The van der Waals surface area contributed by atoms with Gasteiger partial charge in [0.2, 0.25) is 0 Å². The first-order valence-electron chi connectivity index (χ1n) is 5.87. The minimum absolute atomic E-state index is 0.165. The Kier molecular flexibility index (Phi) is 5.46. The molecule has 0 aliphatic heterocycles. The van der Waals surface area contributed by atoms with Crippen LogP contribution in [0.25, 0.3) is 0 Å². The van der Waals surface area contributed by atoms with Crippen LogP contribution >= 0.6 is 0 Å². The van der Waals surface area contributed by atoms with E-state index in [2.05, 4.69) is 12.2 Å². The number of amides is 2. The second-order valence-corrected chi connectivity index (χ2v) is 4.03. The normalized spacial score (nSPS) is 10.1. The molecule has 1 N–H and O–H groups in total. The summed E-state index contributed by atoms with van der Waals surface area (Å²) in [5, 5.41) is 2.79. The van der Waals surface area contributed by atoms with E-state index < -0.39 is 0 Å². The lowest BCUT2D eigenvalue weighted by Crippen LogP contribution is -2.37. The maximum Gasteiger partial charge on any atom is 0.317 e. The summed E-state index contributed by atoms with van der Waals surface area (Å²) in [6.45, 7) is 3.01. The average Bonchev–Trinajstić information content (AvgIpc) is 2.32. The number of nitrogens with zero attached hydrogens (tertiary/aromatic N) is 1. The summed E-state index contributed by atoms with van der Waals surface area (Å²) in [6, 6.07) is 6.33. The molecule has 1 aromatic carbocycles. The molecule has 0 radical (unpaired) electrons. The smallest absolute Gasteiger partial charge is 0.317 e. The van der Waals surface area contributed by atoms with Gasteiger partial charge >= 0.3 is 6.03 Å². The van der Waals surface area contributed by atoms with Crippen LogP contribution in [0.5, 0.6) is 0 Å². The van der Waals surface area contributed by atoms with Gasteiger partial charge in [-0.2, -0.15) is 0 Å². The molecule has 2 amide bonds. The predicted molar refractivity (Wildman–Crippen MR) is 66.2 cm³/mol. The summed E-state index contributed by atoms with van der Waals surface area (Å²) in [5.74, 6) is -0.277. The number of unbranched alkanes of at least 4 members (excludes halogenated alkanes) is 1. The van der Waals surface area contributed by atoms with Crippen molar-refractivity contribution < 1.29 is 9.18 Å². The summed E-state index contributed by atoms with van der Waals surface area (Å²) < 4.78 is 13.4. The molecule has 94 valence electrons. The van der Waals surface area contributed by atoms with Crippen molar-refractivity contribution in [3.63, 3.8) is 0 Å². The summed E-state index contributed by atoms with van der Waals surface area (Å²) in [4.78, 5) is 13.1. The molecule has 17 heavy (non-hydrogen) atoms. The van der Waals surface area contributed by atoms with Gasteiger partial charge in [0.05, 0.1) is 0 Å². The van der Waals surface area contributed by atoms with E-state index in [1.807, 2.05) is 0 Å². The molecule has 0 fully saturated rings. The second kappa shape index (κ2) is 6.89.